The fraction of sp³-hybridized carbons (Fsp3) is 0.125. The summed E-state index contributed by atoms with van der Waals surface area (Å²) in [5, 5.41) is 10.7. The molecule has 1 atom stereocenters. The largest absolute Gasteiger partial charge is 0.503 e. The quantitative estimate of drug-likeness (QED) is 0.444. The van der Waals surface area contributed by atoms with E-state index in [1.807, 2.05) is 13.0 Å². The minimum atomic E-state index is -0.821. The first kappa shape index (κ1) is 20.3. The lowest BCUT2D eigenvalue weighted by Crippen LogP contribution is -2.30. The molecule has 2 aromatic heterocycles. The van der Waals surface area contributed by atoms with Crippen molar-refractivity contribution in [2.45, 2.75) is 13.0 Å². The van der Waals surface area contributed by atoms with E-state index in [0.717, 1.165) is 5.69 Å². The maximum Gasteiger partial charge on any atom is 0.296 e. The normalized spacial score (nSPS) is 15.3. The van der Waals surface area contributed by atoms with E-state index < -0.39 is 11.9 Å². The van der Waals surface area contributed by atoms with Gasteiger partial charge in [-0.1, -0.05) is 18.2 Å². The molecule has 0 unspecified atom stereocenters. The summed E-state index contributed by atoms with van der Waals surface area (Å²) >= 11 is 3.34. The number of hydrogen-bond donors (Lipinski definition) is 1. The van der Waals surface area contributed by atoms with Gasteiger partial charge in [-0.3, -0.25) is 14.5 Å². The van der Waals surface area contributed by atoms with Crippen LogP contribution < -0.4 is 15.1 Å². The Balaban J connectivity index is 1.85. The molecule has 3 heterocycles. The fourth-order valence-electron chi connectivity index (χ4n) is 4.04. The van der Waals surface area contributed by atoms with E-state index in [1.165, 1.54) is 12.0 Å². The lowest BCUT2D eigenvalue weighted by atomic mass is 9.98. The first-order valence-corrected chi connectivity index (χ1v) is 10.6. The molecule has 7 nitrogen and oxygen atoms in total. The summed E-state index contributed by atoms with van der Waals surface area (Å²) in [5.74, 6) is 0.0292. The molecule has 1 N–H and O–H groups in total. The van der Waals surface area contributed by atoms with Gasteiger partial charge in [0, 0.05) is 5.69 Å². The smallest absolute Gasteiger partial charge is 0.296 e. The van der Waals surface area contributed by atoms with Gasteiger partial charge < -0.3 is 14.3 Å². The molecule has 5 rings (SSSR count). The third kappa shape index (κ3) is 2.98. The number of pyridine rings is 1. The van der Waals surface area contributed by atoms with Crippen LogP contribution in [0.2, 0.25) is 0 Å². The van der Waals surface area contributed by atoms with Gasteiger partial charge in [0.1, 0.15) is 11.4 Å². The van der Waals surface area contributed by atoms with Crippen LogP contribution in [-0.2, 0) is 0 Å². The van der Waals surface area contributed by atoms with E-state index in [9.17, 15) is 14.7 Å². The lowest BCUT2D eigenvalue weighted by Gasteiger charge is -2.25. The minimum Gasteiger partial charge on any atom is -0.503 e. The van der Waals surface area contributed by atoms with Gasteiger partial charge in [0.15, 0.2) is 16.9 Å². The van der Waals surface area contributed by atoms with Gasteiger partial charge in [-0.25, -0.2) is 4.98 Å². The predicted molar refractivity (Wildman–Crippen MR) is 122 cm³/mol. The fourth-order valence-corrected chi connectivity index (χ4v) is 4.50. The third-order valence-electron chi connectivity index (χ3n) is 5.48. The van der Waals surface area contributed by atoms with Gasteiger partial charge in [-0.05, 0) is 64.8 Å². The maximum atomic E-state index is 13.6. The monoisotopic (exact) mass is 492 g/mol. The Kier molecular flexibility index (Phi) is 4.74. The molecular formula is C24H17BrN2O5. The number of phenolic OH excluding ortho intramolecular Hbond substituents is 1. The number of nitrogens with zero attached hydrogens (tertiary/aromatic N) is 2. The first-order valence-electron chi connectivity index (χ1n) is 9.80. The van der Waals surface area contributed by atoms with E-state index in [2.05, 4.69) is 20.9 Å². The average molecular weight is 493 g/mol. The number of aromatic nitrogens is 1. The van der Waals surface area contributed by atoms with E-state index in [4.69, 9.17) is 9.15 Å². The zero-order chi connectivity index (χ0) is 22.6. The van der Waals surface area contributed by atoms with E-state index in [0.29, 0.717) is 26.8 Å². The van der Waals surface area contributed by atoms with Gasteiger partial charge in [0.25, 0.3) is 5.91 Å². The van der Waals surface area contributed by atoms with Crippen LogP contribution in [-0.4, -0.2) is 23.1 Å². The van der Waals surface area contributed by atoms with E-state index in [-0.39, 0.29) is 28.3 Å². The Morgan fingerprint density at radius 3 is 2.66 bits per heavy atom. The predicted octanol–water partition coefficient (Wildman–Crippen LogP) is 4.72. The number of aryl methyl sites for hydroxylation is 1. The second-order valence-corrected chi connectivity index (χ2v) is 8.29. The molecule has 8 heteroatoms. The molecule has 1 aliphatic heterocycles. The van der Waals surface area contributed by atoms with Crippen LogP contribution in [0.25, 0.3) is 11.0 Å². The number of rotatable bonds is 3. The molecule has 32 heavy (non-hydrogen) atoms. The number of halogens is 1. The molecule has 0 saturated carbocycles. The Morgan fingerprint density at radius 2 is 1.91 bits per heavy atom. The average Bonchev–Trinajstić information content (AvgIpc) is 3.08. The highest BCUT2D eigenvalue weighted by Crippen LogP contribution is 2.44. The molecule has 160 valence electrons. The Bertz CT molecular complexity index is 1460. The van der Waals surface area contributed by atoms with Crippen molar-refractivity contribution in [3.63, 3.8) is 0 Å². The molecule has 0 aliphatic carbocycles. The van der Waals surface area contributed by atoms with Crippen LogP contribution >= 0.6 is 15.9 Å². The minimum absolute atomic E-state index is 0.0230. The first-order chi connectivity index (χ1) is 15.4. The molecule has 1 amide bonds. The van der Waals surface area contributed by atoms with Crippen LogP contribution in [0.4, 0.5) is 5.82 Å². The summed E-state index contributed by atoms with van der Waals surface area (Å²) in [6.07, 6.45) is 0. The second-order valence-electron chi connectivity index (χ2n) is 7.44. The van der Waals surface area contributed by atoms with Gasteiger partial charge in [-0.15, -0.1) is 0 Å². The number of fused-ring (bicyclic) bond motifs is 2. The van der Waals surface area contributed by atoms with Gasteiger partial charge in [0.05, 0.1) is 28.6 Å². The molecule has 0 spiro atoms. The number of carbonyl (C=O) groups is 1. The highest BCUT2D eigenvalue weighted by molar-refractivity contribution is 9.10. The topological polar surface area (TPSA) is 92.9 Å². The summed E-state index contributed by atoms with van der Waals surface area (Å²) in [4.78, 5) is 33.1. The van der Waals surface area contributed by atoms with Gasteiger partial charge >= 0.3 is 0 Å². The van der Waals surface area contributed by atoms with Gasteiger partial charge in [0.2, 0.25) is 5.76 Å². The maximum absolute atomic E-state index is 13.6. The Hall–Kier alpha value is -3.65. The molecule has 0 fully saturated rings. The van der Waals surface area contributed by atoms with Crippen LogP contribution in [0.15, 0.2) is 68.3 Å². The van der Waals surface area contributed by atoms with Crippen LogP contribution in [0.1, 0.15) is 33.4 Å². The van der Waals surface area contributed by atoms with Crippen LogP contribution in [0, 0.1) is 6.92 Å². The highest BCUT2D eigenvalue weighted by Gasteiger charge is 2.44. The summed E-state index contributed by atoms with van der Waals surface area (Å²) < 4.78 is 11.6. The van der Waals surface area contributed by atoms with E-state index in [1.54, 1.807) is 48.5 Å². The molecule has 0 saturated heterocycles. The molecule has 0 bridgehead atoms. The van der Waals surface area contributed by atoms with Crippen molar-refractivity contribution >= 4 is 38.6 Å². The molecule has 4 aromatic rings. The molecule has 2 aromatic carbocycles. The van der Waals surface area contributed by atoms with Crippen LogP contribution in [0.5, 0.6) is 11.5 Å². The third-order valence-corrected chi connectivity index (χ3v) is 6.09. The second kappa shape index (κ2) is 7.49. The summed E-state index contributed by atoms with van der Waals surface area (Å²) in [5.41, 5.74) is 1.55. The zero-order valence-electron chi connectivity index (χ0n) is 17.1. The van der Waals surface area contributed by atoms with E-state index >= 15 is 0 Å². The number of ether oxygens (including phenoxy) is 1. The molecule has 0 radical (unpaired) electrons. The molecular weight excluding hydrogens is 476 g/mol. The number of para-hydroxylation sites is 1. The summed E-state index contributed by atoms with van der Waals surface area (Å²) in [7, 11) is 1.43. The van der Waals surface area contributed by atoms with Crippen molar-refractivity contribution in [1.29, 1.82) is 0 Å². The van der Waals surface area contributed by atoms with Crippen LogP contribution in [0.3, 0.4) is 0 Å². The Morgan fingerprint density at radius 1 is 1.12 bits per heavy atom. The van der Waals surface area contributed by atoms with Crippen molar-refractivity contribution in [3.8, 4) is 11.5 Å². The number of phenols is 1. The van der Waals surface area contributed by atoms with Crippen molar-refractivity contribution in [2.75, 3.05) is 12.0 Å². The number of amides is 1. The van der Waals surface area contributed by atoms with Crippen molar-refractivity contribution < 1.29 is 19.1 Å². The van der Waals surface area contributed by atoms with Gasteiger partial charge in [-0.2, -0.15) is 0 Å². The van der Waals surface area contributed by atoms with Crippen molar-refractivity contribution in [3.05, 3.63) is 91.9 Å². The number of carbonyl (C=O) groups excluding carboxylic acids is 1. The van der Waals surface area contributed by atoms with Crippen molar-refractivity contribution in [1.82, 2.24) is 4.98 Å². The standard InChI is InChI=1S/C24H17BrN2O5/c1-12-6-5-9-18(26-12)27-20(13-10-15(25)22(29)17(11-13)31-2)19-21(28)14-7-3-4-8-16(14)32-23(19)24(27)30/h3-11,20,29H,1-2H3/t20-/m1/s1. The number of aromatic hydroxyl groups is 1. The summed E-state index contributed by atoms with van der Waals surface area (Å²) in [6, 6.07) is 14.6. The SMILES string of the molecule is COc1cc([C@@H]2c3c(oc4ccccc4c3=O)C(=O)N2c2cccc(C)n2)cc(Br)c1O. The van der Waals surface area contributed by atoms with Crippen molar-refractivity contribution in [2.24, 2.45) is 0 Å². The Labute approximate surface area is 191 Å². The number of hydrogen-bond acceptors (Lipinski definition) is 6. The number of anilines is 1. The number of methoxy groups -OCH3 is 1. The summed E-state index contributed by atoms with van der Waals surface area (Å²) in [6.45, 7) is 1.82. The lowest BCUT2D eigenvalue weighted by molar-refractivity contribution is 0.0970. The zero-order valence-corrected chi connectivity index (χ0v) is 18.7. The highest BCUT2D eigenvalue weighted by atomic mass is 79.9. The molecule has 1 aliphatic rings. The number of benzene rings is 2.